The number of rotatable bonds is 2. The van der Waals surface area contributed by atoms with Gasteiger partial charge in [-0.3, -0.25) is 0 Å². The summed E-state index contributed by atoms with van der Waals surface area (Å²) in [6.45, 7) is 0. The van der Waals surface area contributed by atoms with E-state index in [1.807, 2.05) is 0 Å². The van der Waals surface area contributed by atoms with Gasteiger partial charge in [-0.25, -0.2) is 4.79 Å². The lowest BCUT2D eigenvalue weighted by atomic mass is 9.82. The SMILES string of the molecule is O=C(O)C1(n2cnnc2)CC2CCCCC2C1. The number of fused-ring (bicyclic) bond motifs is 1. The number of hydrogen-bond acceptors (Lipinski definition) is 3. The van der Waals surface area contributed by atoms with Gasteiger partial charge in [0.15, 0.2) is 0 Å². The minimum atomic E-state index is -0.789. The Morgan fingerprint density at radius 3 is 2.18 bits per heavy atom. The van der Waals surface area contributed by atoms with Crippen molar-refractivity contribution < 1.29 is 9.90 Å². The van der Waals surface area contributed by atoms with Crippen LogP contribution < -0.4 is 0 Å². The zero-order valence-corrected chi connectivity index (χ0v) is 9.75. The Labute approximate surface area is 99.9 Å². The van der Waals surface area contributed by atoms with Gasteiger partial charge in [-0.15, -0.1) is 10.2 Å². The van der Waals surface area contributed by atoms with Crippen LogP contribution in [0.2, 0.25) is 0 Å². The number of aliphatic carboxylic acids is 1. The largest absolute Gasteiger partial charge is 0.479 e. The number of nitrogens with zero attached hydrogens (tertiary/aromatic N) is 3. The molecular formula is C12H17N3O2. The van der Waals surface area contributed by atoms with E-state index in [4.69, 9.17) is 0 Å². The van der Waals surface area contributed by atoms with Crippen molar-refractivity contribution in [2.45, 2.75) is 44.1 Å². The molecule has 2 saturated carbocycles. The van der Waals surface area contributed by atoms with Crippen LogP contribution in [0.25, 0.3) is 0 Å². The Kier molecular flexibility index (Phi) is 2.42. The van der Waals surface area contributed by atoms with Crippen molar-refractivity contribution in [2.75, 3.05) is 0 Å². The molecule has 2 atom stereocenters. The van der Waals surface area contributed by atoms with Gasteiger partial charge in [0.25, 0.3) is 0 Å². The van der Waals surface area contributed by atoms with Crippen LogP contribution in [0.5, 0.6) is 0 Å². The molecule has 0 saturated heterocycles. The molecule has 0 aromatic carbocycles. The number of carboxylic acids is 1. The van der Waals surface area contributed by atoms with Crippen LogP contribution in [0.15, 0.2) is 12.7 Å². The third-order valence-corrected chi connectivity index (χ3v) is 4.58. The molecule has 1 heterocycles. The number of carbonyl (C=O) groups is 1. The van der Waals surface area contributed by atoms with Crippen LogP contribution in [0.3, 0.4) is 0 Å². The van der Waals surface area contributed by atoms with Gasteiger partial charge in [-0.05, 0) is 24.7 Å². The lowest BCUT2D eigenvalue weighted by molar-refractivity contribution is -0.147. The predicted molar refractivity (Wildman–Crippen MR) is 60.3 cm³/mol. The van der Waals surface area contributed by atoms with Crippen LogP contribution in [0, 0.1) is 11.8 Å². The van der Waals surface area contributed by atoms with Crippen LogP contribution in [0.1, 0.15) is 38.5 Å². The van der Waals surface area contributed by atoms with Gasteiger partial charge in [-0.1, -0.05) is 25.7 Å². The van der Waals surface area contributed by atoms with Gasteiger partial charge in [-0.2, -0.15) is 0 Å². The number of hydrogen-bond donors (Lipinski definition) is 1. The minimum Gasteiger partial charge on any atom is -0.479 e. The molecular weight excluding hydrogens is 218 g/mol. The highest BCUT2D eigenvalue weighted by Gasteiger charge is 2.52. The zero-order valence-electron chi connectivity index (χ0n) is 9.75. The fraction of sp³-hybridized carbons (Fsp3) is 0.750. The monoisotopic (exact) mass is 235 g/mol. The molecule has 0 aliphatic heterocycles. The summed E-state index contributed by atoms with van der Waals surface area (Å²) < 4.78 is 1.70. The second-order valence-corrected chi connectivity index (χ2v) is 5.42. The van der Waals surface area contributed by atoms with E-state index in [-0.39, 0.29) is 0 Å². The van der Waals surface area contributed by atoms with Crippen LogP contribution >= 0.6 is 0 Å². The van der Waals surface area contributed by atoms with Crippen LogP contribution in [-0.2, 0) is 10.3 Å². The van der Waals surface area contributed by atoms with E-state index >= 15 is 0 Å². The average Bonchev–Trinajstić information content (AvgIpc) is 2.96. The summed E-state index contributed by atoms with van der Waals surface area (Å²) in [6, 6.07) is 0. The van der Waals surface area contributed by atoms with Crippen molar-refractivity contribution in [3.63, 3.8) is 0 Å². The Bertz CT molecular complexity index is 401. The maximum atomic E-state index is 11.7. The lowest BCUT2D eigenvalue weighted by Crippen LogP contribution is -2.39. The van der Waals surface area contributed by atoms with Crippen LogP contribution in [0.4, 0.5) is 0 Å². The second kappa shape index (κ2) is 3.82. The molecule has 17 heavy (non-hydrogen) atoms. The maximum absolute atomic E-state index is 11.7. The molecule has 2 unspecified atom stereocenters. The summed E-state index contributed by atoms with van der Waals surface area (Å²) in [5.41, 5.74) is -0.789. The topological polar surface area (TPSA) is 68.0 Å². The minimum absolute atomic E-state index is 0.572. The molecule has 0 spiro atoms. The van der Waals surface area contributed by atoms with E-state index in [1.165, 1.54) is 25.7 Å². The molecule has 1 aromatic rings. The molecule has 2 aliphatic carbocycles. The van der Waals surface area contributed by atoms with E-state index in [9.17, 15) is 9.90 Å². The van der Waals surface area contributed by atoms with E-state index in [1.54, 1.807) is 17.2 Å². The molecule has 0 bridgehead atoms. The van der Waals surface area contributed by atoms with Crippen LogP contribution in [-0.4, -0.2) is 25.8 Å². The van der Waals surface area contributed by atoms with E-state index in [0.29, 0.717) is 11.8 Å². The zero-order chi connectivity index (χ0) is 11.9. The molecule has 1 N–H and O–H groups in total. The fourth-order valence-corrected chi connectivity index (χ4v) is 3.69. The van der Waals surface area contributed by atoms with Gasteiger partial charge < -0.3 is 9.67 Å². The van der Waals surface area contributed by atoms with E-state index in [2.05, 4.69) is 10.2 Å². The first kappa shape index (κ1) is 10.7. The highest BCUT2D eigenvalue weighted by Crippen LogP contribution is 2.50. The lowest BCUT2D eigenvalue weighted by Gasteiger charge is -2.25. The summed E-state index contributed by atoms with van der Waals surface area (Å²) in [6.07, 6.45) is 9.44. The van der Waals surface area contributed by atoms with E-state index < -0.39 is 11.5 Å². The number of aromatic nitrogens is 3. The summed E-state index contributed by atoms with van der Waals surface area (Å²) in [5, 5.41) is 17.1. The third kappa shape index (κ3) is 1.56. The summed E-state index contributed by atoms with van der Waals surface area (Å²) >= 11 is 0. The molecule has 0 radical (unpaired) electrons. The van der Waals surface area contributed by atoms with Crippen molar-refractivity contribution >= 4 is 5.97 Å². The summed E-state index contributed by atoms with van der Waals surface area (Å²) in [5.74, 6) is 0.413. The first-order chi connectivity index (χ1) is 8.22. The quantitative estimate of drug-likeness (QED) is 0.846. The molecule has 92 valence electrons. The van der Waals surface area contributed by atoms with Crippen molar-refractivity contribution in [3.8, 4) is 0 Å². The van der Waals surface area contributed by atoms with Crippen molar-refractivity contribution in [1.82, 2.24) is 14.8 Å². The smallest absolute Gasteiger partial charge is 0.329 e. The summed E-state index contributed by atoms with van der Waals surface area (Å²) in [7, 11) is 0. The van der Waals surface area contributed by atoms with Gasteiger partial charge in [0.1, 0.15) is 18.2 Å². The molecule has 5 heteroatoms. The summed E-state index contributed by atoms with van der Waals surface area (Å²) in [4.78, 5) is 11.7. The third-order valence-electron chi connectivity index (χ3n) is 4.58. The van der Waals surface area contributed by atoms with Crippen molar-refractivity contribution in [3.05, 3.63) is 12.7 Å². The molecule has 2 fully saturated rings. The van der Waals surface area contributed by atoms with Gasteiger partial charge in [0.05, 0.1) is 0 Å². The Morgan fingerprint density at radius 1 is 1.18 bits per heavy atom. The Hall–Kier alpha value is -1.39. The average molecular weight is 235 g/mol. The Morgan fingerprint density at radius 2 is 1.71 bits per heavy atom. The molecule has 5 nitrogen and oxygen atoms in total. The van der Waals surface area contributed by atoms with Crippen molar-refractivity contribution in [1.29, 1.82) is 0 Å². The first-order valence-electron chi connectivity index (χ1n) is 6.31. The van der Waals surface area contributed by atoms with Gasteiger partial charge in [0.2, 0.25) is 0 Å². The molecule has 0 amide bonds. The van der Waals surface area contributed by atoms with E-state index in [0.717, 1.165) is 12.8 Å². The second-order valence-electron chi connectivity index (χ2n) is 5.42. The standard InChI is InChI=1S/C12H17N3O2/c16-11(17)12(15-7-13-14-8-15)5-9-3-1-2-4-10(9)6-12/h7-10H,1-6H2,(H,16,17). The van der Waals surface area contributed by atoms with Gasteiger partial charge in [0, 0.05) is 0 Å². The molecule has 2 aliphatic rings. The first-order valence-corrected chi connectivity index (χ1v) is 6.31. The van der Waals surface area contributed by atoms with Gasteiger partial charge >= 0.3 is 5.97 Å². The molecule has 3 rings (SSSR count). The maximum Gasteiger partial charge on any atom is 0.329 e. The highest BCUT2D eigenvalue weighted by atomic mass is 16.4. The van der Waals surface area contributed by atoms with Crippen molar-refractivity contribution in [2.24, 2.45) is 11.8 Å². The highest BCUT2D eigenvalue weighted by molar-refractivity contribution is 5.77. The molecule has 1 aromatic heterocycles. The number of carboxylic acid groups (broad SMARTS) is 1. The Balaban J connectivity index is 1.95. The normalized spacial score (nSPS) is 36.7. The predicted octanol–water partition coefficient (Wildman–Crippen LogP) is 1.66. The fourth-order valence-electron chi connectivity index (χ4n) is 3.69.